The van der Waals surface area contributed by atoms with E-state index in [1.165, 1.54) is 0 Å². The SMILES string of the molecule is CN1CCNCC1=O.Cl. The fraction of sp³-hybridized carbons (Fsp3) is 0.800. The molecule has 1 heterocycles. The number of amides is 1. The number of likely N-dealkylation sites (N-methyl/N-ethyl adjacent to an activating group) is 1. The van der Waals surface area contributed by atoms with E-state index in [4.69, 9.17) is 0 Å². The van der Waals surface area contributed by atoms with E-state index in [2.05, 4.69) is 5.32 Å². The topological polar surface area (TPSA) is 32.3 Å². The molecule has 3 nitrogen and oxygen atoms in total. The number of nitrogens with one attached hydrogen (secondary N) is 1. The van der Waals surface area contributed by atoms with Crippen molar-refractivity contribution in [1.29, 1.82) is 0 Å². The van der Waals surface area contributed by atoms with Crippen LogP contribution in [0.2, 0.25) is 0 Å². The van der Waals surface area contributed by atoms with Gasteiger partial charge in [-0.2, -0.15) is 0 Å². The molecule has 1 amide bonds. The highest BCUT2D eigenvalue weighted by Crippen LogP contribution is 1.86. The van der Waals surface area contributed by atoms with Crippen molar-refractivity contribution in [3.8, 4) is 0 Å². The molecule has 0 saturated carbocycles. The Balaban J connectivity index is 0.000000640. The lowest BCUT2D eigenvalue weighted by Crippen LogP contribution is -2.45. The van der Waals surface area contributed by atoms with E-state index in [1.54, 1.807) is 4.90 Å². The third-order valence-corrected chi connectivity index (χ3v) is 1.33. The maximum absolute atomic E-state index is 10.7. The van der Waals surface area contributed by atoms with Gasteiger partial charge >= 0.3 is 0 Å². The van der Waals surface area contributed by atoms with Crippen molar-refractivity contribution < 1.29 is 4.79 Å². The molecule has 0 atom stereocenters. The van der Waals surface area contributed by atoms with Gasteiger partial charge in [-0.15, -0.1) is 12.4 Å². The fourth-order valence-electron chi connectivity index (χ4n) is 0.702. The number of carbonyl (C=O) groups is 1. The van der Waals surface area contributed by atoms with Gasteiger partial charge in [-0.1, -0.05) is 0 Å². The second-order valence-electron chi connectivity index (χ2n) is 1.99. The van der Waals surface area contributed by atoms with E-state index in [0.717, 1.165) is 13.1 Å². The van der Waals surface area contributed by atoms with Crippen molar-refractivity contribution in [3.05, 3.63) is 0 Å². The first kappa shape index (κ1) is 8.72. The van der Waals surface area contributed by atoms with Gasteiger partial charge in [-0.25, -0.2) is 0 Å². The van der Waals surface area contributed by atoms with Gasteiger partial charge in [0.05, 0.1) is 6.54 Å². The predicted molar refractivity (Wildman–Crippen MR) is 37.8 cm³/mol. The van der Waals surface area contributed by atoms with Crippen LogP contribution in [0.25, 0.3) is 0 Å². The molecule has 0 bridgehead atoms. The Morgan fingerprint density at radius 2 is 2.33 bits per heavy atom. The average Bonchev–Trinajstić information content (AvgIpc) is 1.77. The summed E-state index contributed by atoms with van der Waals surface area (Å²) in [7, 11) is 1.82. The van der Waals surface area contributed by atoms with Gasteiger partial charge in [0.15, 0.2) is 0 Å². The number of hydrogen-bond donors (Lipinski definition) is 1. The number of nitrogens with zero attached hydrogens (tertiary/aromatic N) is 1. The summed E-state index contributed by atoms with van der Waals surface area (Å²) in [6.45, 7) is 2.29. The summed E-state index contributed by atoms with van der Waals surface area (Å²) in [5, 5.41) is 2.97. The van der Waals surface area contributed by atoms with E-state index in [0.29, 0.717) is 6.54 Å². The fourth-order valence-corrected chi connectivity index (χ4v) is 0.702. The van der Waals surface area contributed by atoms with Crippen molar-refractivity contribution in [1.82, 2.24) is 10.2 Å². The molecule has 0 unspecified atom stereocenters. The summed E-state index contributed by atoms with van der Waals surface area (Å²) >= 11 is 0. The molecule has 1 N–H and O–H groups in total. The molecule has 1 saturated heterocycles. The van der Waals surface area contributed by atoms with Crippen LogP contribution in [-0.2, 0) is 4.79 Å². The standard InChI is InChI=1S/C5H10N2O.ClH/c1-7-3-2-6-4-5(7)8;/h6H,2-4H2,1H3;1H. The molecule has 0 aliphatic carbocycles. The molecular formula is C5H11ClN2O. The zero-order valence-electron chi connectivity index (χ0n) is 5.39. The smallest absolute Gasteiger partial charge is 0.236 e. The maximum Gasteiger partial charge on any atom is 0.236 e. The van der Waals surface area contributed by atoms with E-state index in [1.807, 2.05) is 7.05 Å². The summed E-state index contributed by atoms with van der Waals surface area (Å²) in [6.07, 6.45) is 0. The Bertz CT molecular complexity index is 107. The maximum atomic E-state index is 10.7. The second kappa shape index (κ2) is 3.69. The monoisotopic (exact) mass is 150 g/mol. The van der Waals surface area contributed by atoms with Crippen LogP contribution >= 0.6 is 12.4 Å². The summed E-state index contributed by atoms with van der Waals surface area (Å²) < 4.78 is 0. The summed E-state index contributed by atoms with van der Waals surface area (Å²) in [6, 6.07) is 0. The third kappa shape index (κ3) is 2.20. The van der Waals surface area contributed by atoms with Gasteiger partial charge in [-0.3, -0.25) is 4.79 Å². The number of piperazine rings is 1. The molecule has 1 aliphatic rings. The van der Waals surface area contributed by atoms with Crippen LogP contribution in [0.15, 0.2) is 0 Å². The first-order valence-electron chi connectivity index (χ1n) is 2.75. The summed E-state index contributed by atoms with van der Waals surface area (Å²) in [4.78, 5) is 12.4. The number of halogens is 1. The summed E-state index contributed by atoms with van der Waals surface area (Å²) in [5.74, 6) is 0.191. The lowest BCUT2D eigenvalue weighted by Gasteiger charge is -2.22. The van der Waals surface area contributed by atoms with Crippen molar-refractivity contribution in [2.24, 2.45) is 0 Å². The van der Waals surface area contributed by atoms with E-state index < -0.39 is 0 Å². The predicted octanol–water partition coefficient (Wildman–Crippen LogP) is -0.530. The molecule has 0 aromatic rings. The Hall–Kier alpha value is -0.280. The molecule has 0 aromatic heterocycles. The van der Waals surface area contributed by atoms with Crippen LogP contribution in [0.1, 0.15) is 0 Å². The largest absolute Gasteiger partial charge is 0.343 e. The first-order chi connectivity index (χ1) is 3.80. The van der Waals surface area contributed by atoms with Gasteiger partial charge in [0, 0.05) is 20.1 Å². The molecule has 0 radical (unpaired) electrons. The van der Waals surface area contributed by atoms with Crippen molar-refractivity contribution in [2.45, 2.75) is 0 Å². The quantitative estimate of drug-likeness (QED) is 0.504. The first-order valence-corrected chi connectivity index (χ1v) is 2.75. The van der Waals surface area contributed by atoms with Crippen LogP contribution < -0.4 is 5.32 Å². The van der Waals surface area contributed by atoms with Crippen LogP contribution in [0.3, 0.4) is 0 Å². The van der Waals surface area contributed by atoms with Crippen LogP contribution in [0.4, 0.5) is 0 Å². The van der Waals surface area contributed by atoms with Crippen molar-refractivity contribution in [2.75, 3.05) is 26.7 Å². The molecule has 0 aromatic carbocycles. The van der Waals surface area contributed by atoms with E-state index in [9.17, 15) is 4.79 Å². The van der Waals surface area contributed by atoms with Crippen LogP contribution in [0.5, 0.6) is 0 Å². The Labute approximate surface area is 60.8 Å². The molecule has 9 heavy (non-hydrogen) atoms. The van der Waals surface area contributed by atoms with Gasteiger partial charge < -0.3 is 10.2 Å². The molecule has 1 rings (SSSR count). The third-order valence-electron chi connectivity index (χ3n) is 1.33. The Morgan fingerprint density at radius 1 is 1.67 bits per heavy atom. The van der Waals surface area contributed by atoms with Crippen molar-refractivity contribution >= 4 is 18.3 Å². The highest BCUT2D eigenvalue weighted by atomic mass is 35.5. The number of hydrogen-bond acceptors (Lipinski definition) is 2. The normalized spacial score (nSPS) is 19.2. The highest BCUT2D eigenvalue weighted by Gasteiger charge is 2.11. The number of rotatable bonds is 0. The van der Waals surface area contributed by atoms with Gasteiger partial charge in [-0.05, 0) is 0 Å². The van der Waals surface area contributed by atoms with Crippen LogP contribution in [-0.4, -0.2) is 37.5 Å². The van der Waals surface area contributed by atoms with Crippen molar-refractivity contribution in [3.63, 3.8) is 0 Å². The lowest BCUT2D eigenvalue weighted by molar-refractivity contribution is -0.130. The molecule has 1 aliphatic heterocycles. The Morgan fingerprint density at radius 3 is 2.67 bits per heavy atom. The average molecular weight is 151 g/mol. The van der Waals surface area contributed by atoms with E-state index >= 15 is 0 Å². The lowest BCUT2D eigenvalue weighted by atomic mass is 10.4. The molecule has 0 spiro atoms. The van der Waals surface area contributed by atoms with Gasteiger partial charge in [0.2, 0.25) is 5.91 Å². The highest BCUT2D eigenvalue weighted by molar-refractivity contribution is 5.85. The minimum absolute atomic E-state index is 0. The number of carbonyl (C=O) groups excluding carboxylic acids is 1. The van der Waals surface area contributed by atoms with Crippen LogP contribution in [0, 0.1) is 0 Å². The minimum Gasteiger partial charge on any atom is -0.343 e. The second-order valence-corrected chi connectivity index (χ2v) is 1.99. The van der Waals surface area contributed by atoms with Gasteiger partial charge in [0.25, 0.3) is 0 Å². The molecule has 54 valence electrons. The molecular weight excluding hydrogens is 140 g/mol. The van der Waals surface area contributed by atoms with E-state index in [-0.39, 0.29) is 18.3 Å². The minimum atomic E-state index is 0. The molecule has 4 heteroatoms. The zero-order chi connectivity index (χ0) is 5.98. The van der Waals surface area contributed by atoms with Gasteiger partial charge in [0.1, 0.15) is 0 Å². The molecule has 1 fully saturated rings. The summed E-state index contributed by atoms with van der Waals surface area (Å²) in [5.41, 5.74) is 0. The zero-order valence-corrected chi connectivity index (χ0v) is 6.20. The Kier molecular flexibility index (Phi) is 3.58.